The zero-order valence-corrected chi connectivity index (χ0v) is 27.4. The van der Waals surface area contributed by atoms with E-state index >= 15 is 0 Å². The third-order valence-electron chi connectivity index (χ3n) is 7.56. The summed E-state index contributed by atoms with van der Waals surface area (Å²) in [5.74, 6) is -3.39. The lowest BCUT2D eigenvalue weighted by atomic mass is 10.0. The number of carbonyl (C=O) groups is 6. The van der Waals surface area contributed by atoms with Crippen molar-refractivity contribution in [3.8, 4) is 0 Å². The van der Waals surface area contributed by atoms with Gasteiger partial charge in [-0.15, -0.1) is 0 Å². The lowest BCUT2D eigenvalue weighted by Gasteiger charge is -2.29. The SMILES string of the molecule is CC(C)[C@H]1NC(=O)C[C@@H]2NC(=O)[C@H](Cc3ccccc3)NC(=O)[C@H](Cc3ccccc3)NC(=O)[C@@H](CSSCCNC2=O)NC1=O. The van der Waals surface area contributed by atoms with Crippen LogP contribution in [-0.4, -0.2) is 83.7 Å². The Hall–Kier alpha value is -4.04. The first kappa shape index (κ1) is 34.8. The van der Waals surface area contributed by atoms with E-state index in [9.17, 15) is 28.8 Å². The molecule has 2 aromatic carbocycles. The number of hydrogen-bond donors (Lipinski definition) is 6. The van der Waals surface area contributed by atoms with Crippen LogP contribution in [0.1, 0.15) is 31.4 Å². The molecule has 14 heteroatoms. The van der Waals surface area contributed by atoms with Crippen LogP contribution in [0.3, 0.4) is 0 Å². The van der Waals surface area contributed by atoms with Crippen LogP contribution < -0.4 is 31.9 Å². The topological polar surface area (TPSA) is 175 Å². The largest absolute Gasteiger partial charge is 0.353 e. The molecule has 2 aliphatic rings. The lowest BCUT2D eigenvalue weighted by molar-refractivity contribution is -0.137. The molecule has 4 rings (SSSR count). The molecule has 2 aromatic rings. The van der Waals surface area contributed by atoms with E-state index < -0.39 is 72.1 Å². The molecule has 6 N–H and O–H groups in total. The molecular formula is C32H40N6O6S2. The molecule has 0 unspecified atom stereocenters. The fourth-order valence-corrected chi connectivity index (χ4v) is 7.13. The molecule has 2 fully saturated rings. The molecule has 12 nitrogen and oxygen atoms in total. The number of amides is 6. The minimum Gasteiger partial charge on any atom is -0.353 e. The fraction of sp³-hybridized carbons (Fsp3) is 0.438. The van der Waals surface area contributed by atoms with Crippen molar-refractivity contribution < 1.29 is 28.8 Å². The summed E-state index contributed by atoms with van der Waals surface area (Å²) in [5, 5.41) is 16.5. The highest BCUT2D eigenvalue weighted by atomic mass is 33.1. The van der Waals surface area contributed by atoms with Crippen LogP contribution in [0, 0.1) is 5.92 Å². The van der Waals surface area contributed by atoms with Crippen molar-refractivity contribution in [2.75, 3.05) is 18.1 Å². The number of carbonyl (C=O) groups excluding carboxylic acids is 6. The predicted molar refractivity (Wildman–Crippen MR) is 177 cm³/mol. The van der Waals surface area contributed by atoms with Gasteiger partial charge in [0, 0.05) is 30.9 Å². The molecule has 0 aromatic heterocycles. The monoisotopic (exact) mass is 668 g/mol. The van der Waals surface area contributed by atoms with Gasteiger partial charge in [-0.05, 0) is 17.0 Å². The van der Waals surface area contributed by atoms with E-state index in [1.807, 2.05) is 48.5 Å². The van der Waals surface area contributed by atoms with E-state index in [0.717, 1.165) is 11.1 Å². The van der Waals surface area contributed by atoms with Gasteiger partial charge in [-0.2, -0.15) is 0 Å². The van der Waals surface area contributed by atoms with Crippen LogP contribution in [0.25, 0.3) is 0 Å². The first-order valence-corrected chi connectivity index (χ1v) is 17.7. The van der Waals surface area contributed by atoms with Gasteiger partial charge in [0.2, 0.25) is 35.4 Å². The number of nitrogens with one attached hydrogen (secondary N) is 6. The molecule has 0 saturated carbocycles. The van der Waals surface area contributed by atoms with Gasteiger partial charge in [-0.25, -0.2) is 0 Å². The van der Waals surface area contributed by atoms with Gasteiger partial charge in [0.05, 0.1) is 6.42 Å². The molecule has 0 aliphatic carbocycles. The zero-order chi connectivity index (χ0) is 33.1. The van der Waals surface area contributed by atoms with Crippen molar-refractivity contribution in [2.45, 2.75) is 63.3 Å². The van der Waals surface area contributed by atoms with Crippen molar-refractivity contribution in [3.05, 3.63) is 71.8 Å². The number of rotatable bonds is 5. The predicted octanol–water partition coefficient (Wildman–Crippen LogP) is 0.467. The Morgan fingerprint density at radius 1 is 0.630 bits per heavy atom. The maximum absolute atomic E-state index is 13.9. The van der Waals surface area contributed by atoms with Crippen LogP contribution in [0.15, 0.2) is 60.7 Å². The summed E-state index contributed by atoms with van der Waals surface area (Å²) in [4.78, 5) is 81.5. The quantitative estimate of drug-likeness (QED) is 0.250. The van der Waals surface area contributed by atoms with Crippen molar-refractivity contribution in [2.24, 2.45) is 5.92 Å². The highest BCUT2D eigenvalue weighted by Crippen LogP contribution is 2.22. The molecule has 2 aliphatic heterocycles. The third kappa shape index (κ3) is 10.2. The Morgan fingerprint density at radius 2 is 1.17 bits per heavy atom. The van der Waals surface area contributed by atoms with Gasteiger partial charge in [-0.1, -0.05) is 96.1 Å². The Labute approximate surface area is 276 Å². The second kappa shape index (κ2) is 17.0. The summed E-state index contributed by atoms with van der Waals surface area (Å²) in [5.41, 5.74) is 1.53. The Balaban J connectivity index is 1.77. The second-order valence-corrected chi connectivity index (χ2v) is 14.1. The first-order chi connectivity index (χ1) is 22.1. The van der Waals surface area contributed by atoms with Crippen LogP contribution in [0.5, 0.6) is 0 Å². The van der Waals surface area contributed by atoms with Crippen LogP contribution in [-0.2, 0) is 41.6 Å². The third-order valence-corrected chi connectivity index (χ3v) is 9.97. The maximum Gasteiger partial charge on any atom is 0.244 e. The normalized spacial score (nSPS) is 25.7. The van der Waals surface area contributed by atoms with Crippen molar-refractivity contribution in [1.82, 2.24) is 31.9 Å². The van der Waals surface area contributed by atoms with Crippen molar-refractivity contribution in [1.29, 1.82) is 0 Å². The molecule has 2 bridgehead atoms. The van der Waals surface area contributed by atoms with Gasteiger partial charge < -0.3 is 31.9 Å². The summed E-state index contributed by atoms with van der Waals surface area (Å²) in [6, 6.07) is 12.6. The molecule has 46 heavy (non-hydrogen) atoms. The Morgan fingerprint density at radius 3 is 1.76 bits per heavy atom. The van der Waals surface area contributed by atoms with Gasteiger partial charge in [0.15, 0.2) is 0 Å². The average Bonchev–Trinajstić information content (AvgIpc) is 3.03. The summed E-state index contributed by atoms with van der Waals surface area (Å²) >= 11 is 0. The molecular weight excluding hydrogens is 629 g/mol. The summed E-state index contributed by atoms with van der Waals surface area (Å²) in [6.07, 6.45) is -0.231. The molecule has 2 heterocycles. The standard InChI is InChI=1S/C32H40N6O6S2/c1-19(2)27-32(44)37-25-18-46-45-14-13-33-28(40)24(17-26(39)38-27)36-30(42)22(15-20-9-5-3-6-10-20)34-29(41)23(35-31(25)43)16-21-11-7-4-8-12-21/h3-12,19,22-25,27H,13-18H2,1-2H3,(H,33,40)(H,34,41)(H,35,43)(H,36,42)(H,37,44)(H,38,39)/t22-,23-,24-,25+,27+/m0/s1. The number of hydrogen-bond acceptors (Lipinski definition) is 8. The summed E-state index contributed by atoms with van der Waals surface area (Å²) in [6.45, 7) is 3.74. The van der Waals surface area contributed by atoms with E-state index in [1.54, 1.807) is 26.0 Å². The summed E-state index contributed by atoms with van der Waals surface area (Å²) < 4.78 is 0. The van der Waals surface area contributed by atoms with Crippen molar-refractivity contribution in [3.63, 3.8) is 0 Å². The zero-order valence-electron chi connectivity index (χ0n) is 25.7. The first-order valence-electron chi connectivity index (χ1n) is 15.2. The molecule has 246 valence electrons. The van der Waals surface area contributed by atoms with E-state index in [0.29, 0.717) is 5.75 Å². The molecule has 6 amide bonds. The van der Waals surface area contributed by atoms with Crippen molar-refractivity contribution >= 4 is 57.0 Å². The summed E-state index contributed by atoms with van der Waals surface area (Å²) in [7, 11) is 2.73. The van der Waals surface area contributed by atoms with E-state index in [2.05, 4.69) is 31.9 Å². The highest BCUT2D eigenvalue weighted by Gasteiger charge is 2.35. The Bertz CT molecular complexity index is 1400. The second-order valence-electron chi connectivity index (χ2n) is 11.5. The molecule has 2 saturated heterocycles. The average molecular weight is 669 g/mol. The van der Waals surface area contributed by atoms with Crippen LogP contribution in [0.4, 0.5) is 0 Å². The molecule has 0 spiro atoms. The van der Waals surface area contributed by atoms with E-state index in [4.69, 9.17) is 0 Å². The number of benzene rings is 2. The Kier molecular flexibility index (Phi) is 12.9. The maximum atomic E-state index is 13.9. The van der Waals surface area contributed by atoms with Gasteiger partial charge in [0.1, 0.15) is 30.2 Å². The van der Waals surface area contributed by atoms with Gasteiger partial charge in [0.25, 0.3) is 0 Å². The van der Waals surface area contributed by atoms with E-state index in [1.165, 1.54) is 21.6 Å². The highest BCUT2D eigenvalue weighted by molar-refractivity contribution is 8.76. The minimum atomic E-state index is -1.28. The van der Waals surface area contributed by atoms with Crippen LogP contribution >= 0.6 is 21.6 Å². The smallest absolute Gasteiger partial charge is 0.244 e. The molecule has 0 radical (unpaired) electrons. The van der Waals surface area contributed by atoms with Crippen LogP contribution in [0.2, 0.25) is 0 Å². The number of fused-ring (bicyclic) bond motifs is 7. The van der Waals surface area contributed by atoms with E-state index in [-0.39, 0.29) is 31.1 Å². The van der Waals surface area contributed by atoms with Gasteiger partial charge >= 0.3 is 0 Å². The molecule has 5 atom stereocenters. The van der Waals surface area contributed by atoms with Gasteiger partial charge in [-0.3, -0.25) is 28.8 Å². The minimum absolute atomic E-state index is 0.0896. The fourth-order valence-electron chi connectivity index (χ4n) is 5.06. The lowest BCUT2D eigenvalue weighted by Crippen LogP contribution is -2.62.